The summed E-state index contributed by atoms with van der Waals surface area (Å²) in [5.41, 5.74) is 3.13. The number of benzene rings is 1. The predicted octanol–water partition coefficient (Wildman–Crippen LogP) is 3.25. The highest BCUT2D eigenvalue weighted by Crippen LogP contribution is 2.51. The molecule has 0 radical (unpaired) electrons. The summed E-state index contributed by atoms with van der Waals surface area (Å²) in [4.78, 5) is 28.1. The van der Waals surface area contributed by atoms with Crippen molar-refractivity contribution in [1.82, 2.24) is 4.98 Å². The molecule has 3 rings (SSSR count). The SMILES string of the molecule is COc1c([C@@H]2[C@@H](C(=O)Nc3ccnc(C(N)=O)c3)O[C@](C)(C(F)F)[C@@H]2C)ccc(F)c1F. The fraction of sp³-hybridized carbons (Fsp3) is 0.381. The maximum Gasteiger partial charge on any atom is 0.267 e. The summed E-state index contributed by atoms with van der Waals surface area (Å²) in [7, 11) is 1.10. The molecule has 1 aliphatic rings. The van der Waals surface area contributed by atoms with Crippen molar-refractivity contribution in [3.8, 4) is 5.75 Å². The highest BCUT2D eigenvalue weighted by atomic mass is 19.3. The predicted molar refractivity (Wildman–Crippen MR) is 105 cm³/mol. The van der Waals surface area contributed by atoms with E-state index in [2.05, 4.69) is 10.3 Å². The third kappa shape index (κ3) is 3.99. The Morgan fingerprint density at radius 2 is 1.97 bits per heavy atom. The fourth-order valence-electron chi connectivity index (χ4n) is 3.85. The molecule has 3 N–H and O–H groups in total. The first kappa shape index (κ1) is 23.5. The lowest BCUT2D eigenvalue weighted by atomic mass is 9.77. The number of nitrogens with two attached hydrogens (primary N) is 1. The molecular weight excluding hydrogens is 434 g/mol. The van der Waals surface area contributed by atoms with Crippen molar-refractivity contribution in [1.29, 1.82) is 0 Å². The molecule has 32 heavy (non-hydrogen) atoms. The molecule has 1 aromatic heterocycles. The van der Waals surface area contributed by atoms with Gasteiger partial charge in [0.05, 0.1) is 7.11 Å². The Morgan fingerprint density at radius 1 is 1.28 bits per heavy atom. The number of amides is 2. The quantitative estimate of drug-likeness (QED) is 0.651. The van der Waals surface area contributed by atoms with Crippen molar-refractivity contribution < 1.29 is 36.6 Å². The summed E-state index contributed by atoms with van der Waals surface area (Å²) in [6, 6.07) is 4.58. The van der Waals surface area contributed by atoms with E-state index in [1.807, 2.05) is 0 Å². The number of rotatable bonds is 6. The van der Waals surface area contributed by atoms with E-state index < -0.39 is 59.2 Å². The number of carbonyl (C=O) groups is 2. The highest BCUT2D eigenvalue weighted by molar-refractivity contribution is 5.97. The van der Waals surface area contributed by atoms with Crippen LogP contribution in [0.15, 0.2) is 30.5 Å². The van der Waals surface area contributed by atoms with Crippen LogP contribution in [-0.2, 0) is 9.53 Å². The third-order valence-corrected chi connectivity index (χ3v) is 5.77. The van der Waals surface area contributed by atoms with Gasteiger partial charge in [0.1, 0.15) is 17.4 Å². The number of halogens is 4. The van der Waals surface area contributed by atoms with E-state index in [1.54, 1.807) is 0 Å². The number of hydrogen-bond acceptors (Lipinski definition) is 5. The van der Waals surface area contributed by atoms with Crippen LogP contribution < -0.4 is 15.8 Å². The number of nitrogens with zero attached hydrogens (tertiary/aromatic N) is 1. The monoisotopic (exact) mass is 455 g/mol. The highest BCUT2D eigenvalue weighted by Gasteiger charge is 2.58. The number of alkyl halides is 2. The van der Waals surface area contributed by atoms with E-state index in [1.165, 1.54) is 31.3 Å². The molecule has 11 heteroatoms. The van der Waals surface area contributed by atoms with E-state index >= 15 is 0 Å². The number of methoxy groups -OCH3 is 1. The molecular formula is C21H21F4N3O4. The van der Waals surface area contributed by atoms with Crippen molar-refractivity contribution in [3.05, 3.63) is 53.4 Å². The van der Waals surface area contributed by atoms with E-state index in [-0.39, 0.29) is 16.9 Å². The van der Waals surface area contributed by atoms with Gasteiger partial charge in [-0.05, 0) is 25.1 Å². The van der Waals surface area contributed by atoms with E-state index in [4.69, 9.17) is 15.2 Å². The van der Waals surface area contributed by atoms with Gasteiger partial charge in [-0.1, -0.05) is 13.0 Å². The van der Waals surface area contributed by atoms with Crippen LogP contribution in [0.5, 0.6) is 5.75 Å². The van der Waals surface area contributed by atoms with Crippen LogP contribution in [0.3, 0.4) is 0 Å². The van der Waals surface area contributed by atoms with Gasteiger partial charge in [0.15, 0.2) is 11.6 Å². The molecule has 4 atom stereocenters. The van der Waals surface area contributed by atoms with Crippen molar-refractivity contribution in [2.45, 2.75) is 37.9 Å². The number of pyridine rings is 1. The molecule has 0 bridgehead atoms. The Bertz CT molecular complexity index is 1050. The van der Waals surface area contributed by atoms with Crippen LogP contribution in [0.2, 0.25) is 0 Å². The number of hydrogen-bond donors (Lipinski definition) is 2. The molecule has 2 heterocycles. The summed E-state index contributed by atoms with van der Waals surface area (Å²) in [5, 5.41) is 2.47. The van der Waals surface area contributed by atoms with Crippen LogP contribution in [0.4, 0.5) is 23.2 Å². The Balaban J connectivity index is 2.04. The zero-order chi connectivity index (χ0) is 23.8. The molecule has 0 spiro atoms. The average molecular weight is 455 g/mol. The summed E-state index contributed by atoms with van der Waals surface area (Å²) in [6.45, 7) is 2.58. The number of primary amides is 1. The molecule has 1 aromatic carbocycles. The van der Waals surface area contributed by atoms with E-state index in [0.29, 0.717) is 0 Å². The Kier molecular flexibility index (Phi) is 6.40. The van der Waals surface area contributed by atoms with Gasteiger partial charge >= 0.3 is 0 Å². The molecule has 172 valence electrons. The lowest BCUT2D eigenvalue weighted by molar-refractivity contribution is -0.151. The molecule has 0 unspecified atom stereocenters. The van der Waals surface area contributed by atoms with Crippen LogP contribution in [0, 0.1) is 17.6 Å². The van der Waals surface area contributed by atoms with Crippen LogP contribution in [0.25, 0.3) is 0 Å². The van der Waals surface area contributed by atoms with Crippen molar-refractivity contribution in [2.24, 2.45) is 11.7 Å². The van der Waals surface area contributed by atoms with Gasteiger partial charge in [-0.25, -0.2) is 13.2 Å². The Morgan fingerprint density at radius 3 is 2.56 bits per heavy atom. The van der Waals surface area contributed by atoms with Gasteiger partial charge in [0, 0.05) is 29.3 Å². The maximum atomic E-state index is 14.3. The largest absolute Gasteiger partial charge is 0.493 e. The van der Waals surface area contributed by atoms with Crippen LogP contribution in [0.1, 0.15) is 35.8 Å². The van der Waals surface area contributed by atoms with Gasteiger partial charge in [0.25, 0.3) is 18.2 Å². The van der Waals surface area contributed by atoms with Crippen molar-refractivity contribution in [3.63, 3.8) is 0 Å². The van der Waals surface area contributed by atoms with Gasteiger partial charge in [-0.2, -0.15) is 4.39 Å². The molecule has 2 aromatic rings. The number of ether oxygens (including phenoxy) is 2. The minimum Gasteiger partial charge on any atom is -0.493 e. The van der Waals surface area contributed by atoms with Gasteiger partial charge in [-0.15, -0.1) is 0 Å². The maximum absolute atomic E-state index is 14.3. The molecule has 0 aliphatic carbocycles. The fourth-order valence-corrected chi connectivity index (χ4v) is 3.85. The first-order chi connectivity index (χ1) is 15.0. The molecule has 7 nitrogen and oxygen atoms in total. The average Bonchev–Trinajstić information content (AvgIpc) is 3.02. The van der Waals surface area contributed by atoms with Gasteiger partial charge < -0.3 is 20.5 Å². The molecule has 2 amide bonds. The second-order valence-electron chi connectivity index (χ2n) is 7.60. The lowest BCUT2D eigenvalue weighted by Gasteiger charge is -2.28. The normalized spacial score (nSPS) is 25.1. The zero-order valence-electron chi connectivity index (χ0n) is 17.4. The molecule has 1 aliphatic heterocycles. The lowest BCUT2D eigenvalue weighted by Crippen LogP contribution is -2.40. The molecule has 1 saturated heterocycles. The second kappa shape index (κ2) is 8.73. The number of carbonyl (C=O) groups excluding carboxylic acids is 2. The van der Waals surface area contributed by atoms with Crippen LogP contribution >= 0.6 is 0 Å². The zero-order valence-corrected chi connectivity index (χ0v) is 17.4. The Labute approximate surface area is 180 Å². The van der Waals surface area contributed by atoms with Crippen molar-refractivity contribution >= 4 is 17.5 Å². The first-order valence-electron chi connectivity index (χ1n) is 9.55. The van der Waals surface area contributed by atoms with E-state index in [0.717, 1.165) is 20.1 Å². The topological polar surface area (TPSA) is 104 Å². The molecule has 0 saturated carbocycles. The smallest absolute Gasteiger partial charge is 0.267 e. The Hall–Kier alpha value is -3.21. The summed E-state index contributed by atoms with van der Waals surface area (Å²) in [6.07, 6.45) is -3.25. The number of anilines is 1. The standard InChI is InChI=1S/C21H21F4N3O4/c1-9-14(11-4-5-12(22)15(23)16(11)31-3)17(32-21(9,2)20(24)25)19(30)28-10-6-7-27-13(8-10)18(26)29/h4-9,14,17,20H,1-3H3,(H2,26,29)(H,27,28,30)/t9-,14-,17+,21+/m1/s1. The minimum atomic E-state index is -2.98. The summed E-state index contributed by atoms with van der Waals surface area (Å²) in [5.74, 6) is -6.75. The first-order valence-corrected chi connectivity index (χ1v) is 9.55. The summed E-state index contributed by atoms with van der Waals surface area (Å²) < 4.78 is 66.4. The second-order valence-corrected chi connectivity index (χ2v) is 7.60. The van der Waals surface area contributed by atoms with Crippen molar-refractivity contribution in [2.75, 3.05) is 12.4 Å². The van der Waals surface area contributed by atoms with Gasteiger partial charge in [-0.3, -0.25) is 14.6 Å². The molecule has 1 fully saturated rings. The summed E-state index contributed by atoms with van der Waals surface area (Å²) >= 11 is 0. The van der Waals surface area contributed by atoms with Crippen LogP contribution in [-0.4, -0.2) is 42.0 Å². The third-order valence-electron chi connectivity index (χ3n) is 5.77. The van der Waals surface area contributed by atoms with E-state index in [9.17, 15) is 27.2 Å². The minimum absolute atomic E-state index is 0.0102. The number of nitrogens with one attached hydrogen (secondary N) is 1. The van der Waals surface area contributed by atoms with Gasteiger partial charge in [0.2, 0.25) is 5.82 Å². The number of aromatic nitrogens is 1.